The predicted molar refractivity (Wildman–Crippen MR) is 361 cm³/mol. The summed E-state index contributed by atoms with van der Waals surface area (Å²) in [4.78, 5) is 24.6. The average Bonchev–Trinajstić information content (AvgIpc) is 3.48. The molecule has 0 aromatic carbocycles. The summed E-state index contributed by atoms with van der Waals surface area (Å²) in [5.74, 6) is -0.0119. The minimum atomic E-state index is -0.661. The Labute approximate surface area is 514 Å². The molecule has 0 fully saturated rings. The van der Waals surface area contributed by atoms with Gasteiger partial charge >= 0.3 is 5.97 Å². The van der Waals surface area contributed by atoms with Gasteiger partial charge in [-0.3, -0.25) is 9.59 Å². The standard InChI is InChI=1S/C76H149NO5/c1-3-5-7-9-11-13-15-17-19-20-34-37-41-44-48-52-56-60-64-68-74(79)73(72-78)77-75(80)69-65-61-57-53-49-45-42-38-35-32-30-28-26-24-22-21-23-25-27-29-31-33-36-39-43-47-51-55-59-63-67-71-82-76(81)70-66-62-58-54-50-46-40-18-16-14-12-10-8-6-4-2/h18,40,73-74,78-79H,3-17,19-39,41-72H2,1-2H3,(H,77,80)/b40-18-. The lowest BCUT2D eigenvalue weighted by atomic mass is 10.0. The molecule has 0 aromatic rings. The van der Waals surface area contributed by atoms with Crippen LogP contribution in [0.4, 0.5) is 0 Å². The number of aliphatic hydroxyl groups is 2. The van der Waals surface area contributed by atoms with Crippen LogP contribution < -0.4 is 5.32 Å². The second kappa shape index (κ2) is 72.1. The average molecular weight is 1160 g/mol. The van der Waals surface area contributed by atoms with Crippen LogP contribution in [0.25, 0.3) is 0 Å². The van der Waals surface area contributed by atoms with Gasteiger partial charge in [-0.1, -0.05) is 386 Å². The van der Waals surface area contributed by atoms with Gasteiger partial charge in [-0.15, -0.1) is 0 Å². The summed E-state index contributed by atoms with van der Waals surface area (Å²) >= 11 is 0. The fourth-order valence-electron chi connectivity index (χ4n) is 12.3. The molecule has 0 aliphatic carbocycles. The Bertz CT molecular complexity index is 1240. The van der Waals surface area contributed by atoms with E-state index in [0.29, 0.717) is 25.9 Å². The number of unbranched alkanes of at least 4 members (excludes halogenated alkanes) is 59. The number of nitrogens with one attached hydrogen (secondary N) is 1. The first kappa shape index (κ1) is 80.6. The zero-order chi connectivity index (χ0) is 59.2. The lowest BCUT2D eigenvalue weighted by Crippen LogP contribution is -2.45. The number of carbonyl (C=O) groups excluding carboxylic acids is 2. The van der Waals surface area contributed by atoms with E-state index in [2.05, 4.69) is 31.3 Å². The number of allylic oxidation sites excluding steroid dienone is 2. The topological polar surface area (TPSA) is 95.9 Å². The lowest BCUT2D eigenvalue weighted by molar-refractivity contribution is -0.143. The molecule has 6 heteroatoms. The maximum atomic E-state index is 12.5. The number of ether oxygens (including phenoxy) is 1. The van der Waals surface area contributed by atoms with Crippen LogP contribution in [-0.2, 0) is 14.3 Å². The maximum Gasteiger partial charge on any atom is 0.305 e. The number of hydrogen-bond donors (Lipinski definition) is 3. The van der Waals surface area contributed by atoms with Crippen molar-refractivity contribution in [2.75, 3.05) is 13.2 Å². The summed E-state index contributed by atoms with van der Waals surface area (Å²) in [5, 5.41) is 23.4. The van der Waals surface area contributed by atoms with E-state index in [1.54, 1.807) is 0 Å². The summed E-state index contributed by atoms with van der Waals surface area (Å²) in [6, 6.07) is -0.538. The molecule has 3 N–H and O–H groups in total. The Morgan fingerprint density at radius 2 is 0.573 bits per heavy atom. The fraction of sp³-hybridized carbons (Fsp3) is 0.947. The normalized spacial score (nSPS) is 12.5. The van der Waals surface area contributed by atoms with Gasteiger partial charge in [0.1, 0.15) is 0 Å². The maximum absolute atomic E-state index is 12.5. The molecule has 2 unspecified atom stereocenters. The van der Waals surface area contributed by atoms with E-state index in [-0.39, 0.29) is 18.5 Å². The van der Waals surface area contributed by atoms with Gasteiger partial charge in [0, 0.05) is 12.8 Å². The number of esters is 1. The van der Waals surface area contributed by atoms with Crippen molar-refractivity contribution < 1.29 is 24.5 Å². The number of carbonyl (C=O) groups is 2. The molecule has 0 aromatic heterocycles. The Hall–Kier alpha value is -1.40. The van der Waals surface area contributed by atoms with Gasteiger partial charge in [0.25, 0.3) is 0 Å². The minimum Gasteiger partial charge on any atom is -0.466 e. The summed E-state index contributed by atoms with van der Waals surface area (Å²) < 4.78 is 5.50. The molecule has 488 valence electrons. The predicted octanol–water partition coefficient (Wildman–Crippen LogP) is 24.7. The molecule has 0 saturated carbocycles. The molecule has 2 atom stereocenters. The quantitative estimate of drug-likeness (QED) is 0.0320. The summed E-state index contributed by atoms with van der Waals surface area (Å²) in [7, 11) is 0. The zero-order valence-corrected chi connectivity index (χ0v) is 56.0. The Balaban J connectivity index is 3.32. The van der Waals surface area contributed by atoms with Gasteiger partial charge < -0.3 is 20.3 Å². The van der Waals surface area contributed by atoms with Crippen LogP contribution in [0.2, 0.25) is 0 Å². The summed E-state index contributed by atoms with van der Waals surface area (Å²) in [6.45, 7) is 5.00. The van der Waals surface area contributed by atoms with Gasteiger partial charge in [0.2, 0.25) is 5.91 Å². The molecule has 0 bridgehead atoms. The van der Waals surface area contributed by atoms with Crippen LogP contribution in [0.1, 0.15) is 438 Å². The second-order valence-corrected chi connectivity index (χ2v) is 26.3. The molecule has 82 heavy (non-hydrogen) atoms. The van der Waals surface area contributed by atoms with Crippen molar-refractivity contribution in [1.82, 2.24) is 5.32 Å². The van der Waals surface area contributed by atoms with Crippen LogP contribution >= 0.6 is 0 Å². The molecule has 0 radical (unpaired) electrons. The molecule has 0 aliphatic heterocycles. The first-order valence-corrected chi connectivity index (χ1v) is 37.9. The first-order chi connectivity index (χ1) is 40.5. The van der Waals surface area contributed by atoms with Crippen LogP contribution in [0.5, 0.6) is 0 Å². The Morgan fingerprint density at radius 3 is 0.866 bits per heavy atom. The Morgan fingerprint density at radius 1 is 0.329 bits per heavy atom. The van der Waals surface area contributed by atoms with Crippen molar-refractivity contribution in [2.45, 2.75) is 450 Å². The third-order valence-corrected chi connectivity index (χ3v) is 18.1. The molecule has 0 aliphatic rings. The van der Waals surface area contributed by atoms with Gasteiger partial charge in [-0.25, -0.2) is 0 Å². The smallest absolute Gasteiger partial charge is 0.305 e. The van der Waals surface area contributed by atoms with Crippen LogP contribution in [0, 0.1) is 0 Å². The molecule has 1 amide bonds. The SMILES string of the molecule is CCCCCCCC/C=C\CCCCCCCC(=O)OCCCCCCCCCCCCCCCCCCCCCCCCCCCCCCCCCC(=O)NC(CO)C(O)CCCCCCCCCCCCCCCCCCCCC. The number of rotatable bonds is 72. The fourth-order valence-corrected chi connectivity index (χ4v) is 12.3. The highest BCUT2D eigenvalue weighted by molar-refractivity contribution is 5.76. The van der Waals surface area contributed by atoms with E-state index in [0.717, 1.165) is 44.9 Å². The number of aliphatic hydroxyl groups excluding tert-OH is 2. The number of hydrogen-bond acceptors (Lipinski definition) is 5. The first-order valence-electron chi connectivity index (χ1n) is 37.9. The van der Waals surface area contributed by atoms with Gasteiger partial charge in [-0.2, -0.15) is 0 Å². The molecular formula is C76H149NO5. The third kappa shape index (κ3) is 67.7. The van der Waals surface area contributed by atoms with Crippen molar-refractivity contribution in [3.05, 3.63) is 12.2 Å². The highest BCUT2D eigenvalue weighted by Crippen LogP contribution is 2.20. The molecule has 0 spiro atoms. The largest absolute Gasteiger partial charge is 0.466 e. The monoisotopic (exact) mass is 1160 g/mol. The lowest BCUT2D eigenvalue weighted by Gasteiger charge is -2.22. The zero-order valence-electron chi connectivity index (χ0n) is 56.0. The van der Waals surface area contributed by atoms with E-state index in [9.17, 15) is 19.8 Å². The van der Waals surface area contributed by atoms with Crippen LogP contribution in [-0.4, -0.2) is 47.4 Å². The van der Waals surface area contributed by atoms with E-state index >= 15 is 0 Å². The van der Waals surface area contributed by atoms with E-state index in [4.69, 9.17) is 4.74 Å². The van der Waals surface area contributed by atoms with E-state index in [1.807, 2.05) is 0 Å². The van der Waals surface area contributed by atoms with Crippen LogP contribution in [0.3, 0.4) is 0 Å². The van der Waals surface area contributed by atoms with Crippen molar-refractivity contribution >= 4 is 11.9 Å². The third-order valence-electron chi connectivity index (χ3n) is 18.1. The molecule has 0 heterocycles. The molecule has 6 nitrogen and oxygen atoms in total. The Kier molecular flexibility index (Phi) is 70.8. The van der Waals surface area contributed by atoms with E-state index in [1.165, 1.54) is 360 Å². The van der Waals surface area contributed by atoms with Crippen molar-refractivity contribution in [3.8, 4) is 0 Å². The highest BCUT2D eigenvalue weighted by Gasteiger charge is 2.20. The molecular weight excluding hydrogens is 1010 g/mol. The van der Waals surface area contributed by atoms with Crippen molar-refractivity contribution in [2.24, 2.45) is 0 Å². The molecule has 0 rings (SSSR count). The summed E-state index contributed by atoms with van der Waals surface area (Å²) in [6.07, 6.45) is 90.0. The van der Waals surface area contributed by atoms with Gasteiger partial charge in [0.15, 0.2) is 0 Å². The van der Waals surface area contributed by atoms with Crippen molar-refractivity contribution in [1.29, 1.82) is 0 Å². The minimum absolute atomic E-state index is 0.0139. The van der Waals surface area contributed by atoms with E-state index < -0.39 is 12.1 Å². The van der Waals surface area contributed by atoms with Gasteiger partial charge in [-0.05, 0) is 51.4 Å². The second-order valence-electron chi connectivity index (χ2n) is 26.3. The summed E-state index contributed by atoms with van der Waals surface area (Å²) in [5.41, 5.74) is 0. The van der Waals surface area contributed by atoms with Crippen molar-refractivity contribution in [3.63, 3.8) is 0 Å². The highest BCUT2D eigenvalue weighted by atomic mass is 16.5. The van der Waals surface area contributed by atoms with Gasteiger partial charge in [0.05, 0.1) is 25.4 Å². The molecule has 0 saturated heterocycles. The van der Waals surface area contributed by atoms with Crippen LogP contribution in [0.15, 0.2) is 12.2 Å². The number of amides is 1.